The number of rotatable bonds is 3. The van der Waals surface area contributed by atoms with Crippen LogP contribution in [0.25, 0.3) is 0 Å². The molecule has 0 aromatic heterocycles. The molecule has 1 atom stereocenters. The van der Waals surface area contributed by atoms with Crippen LogP contribution in [0.3, 0.4) is 0 Å². The minimum Gasteiger partial charge on any atom is -0.318 e. The second-order valence-corrected chi connectivity index (χ2v) is 4.41. The van der Waals surface area contributed by atoms with Gasteiger partial charge in [0.2, 0.25) is 0 Å². The van der Waals surface area contributed by atoms with E-state index in [1.807, 2.05) is 0 Å². The molecule has 4 heteroatoms. The van der Waals surface area contributed by atoms with E-state index < -0.39 is 23.0 Å². The molecule has 0 heterocycles. The van der Waals surface area contributed by atoms with E-state index in [1.165, 1.54) is 30.3 Å². The predicted molar refractivity (Wildman–Crippen MR) is 68.0 cm³/mol. The van der Waals surface area contributed by atoms with Gasteiger partial charge in [-0.2, -0.15) is 0 Å². The maximum Gasteiger partial charge on any atom is 0.164 e. The third-order valence-electron chi connectivity index (χ3n) is 3.34. The van der Waals surface area contributed by atoms with Crippen LogP contribution >= 0.6 is 0 Å². The molecule has 0 aliphatic rings. The van der Waals surface area contributed by atoms with Gasteiger partial charge in [0, 0.05) is 11.1 Å². The molecule has 2 rings (SSSR count). The summed E-state index contributed by atoms with van der Waals surface area (Å²) >= 11 is 0. The lowest BCUT2D eigenvalue weighted by atomic mass is 9.81. The molecule has 0 saturated carbocycles. The normalized spacial score (nSPS) is 14.2. The number of nitrogens with two attached hydrogens (primary N) is 1. The van der Waals surface area contributed by atoms with Crippen LogP contribution in [0.2, 0.25) is 0 Å². The summed E-state index contributed by atoms with van der Waals surface area (Å²) in [5.41, 5.74) is 4.89. The van der Waals surface area contributed by atoms with Crippen LogP contribution in [-0.4, -0.2) is 0 Å². The van der Waals surface area contributed by atoms with Gasteiger partial charge >= 0.3 is 0 Å². The lowest BCUT2D eigenvalue weighted by Crippen LogP contribution is -2.39. The topological polar surface area (TPSA) is 26.0 Å². The van der Waals surface area contributed by atoms with Gasteiger partial charge in [-0.15, -0.1) is 0 Å². The van der Waals surface area contributed by atoms with E-state index in [4.69, 9.17) is 5.73 Å². The second-order valence-electron chi connectivity index (χ2n) is 4.41. The fourth-order valence-corrected chi connectivity index (χ4v) is 2.20. The second kappa shape index (κ2) is 5.05. The highest BCUT2D eigenvalue weighted by Gasteiger charge is 2.33. The van der Waals surface area contributed by atoms with Crippen molar-refractivity contribution in [3.8, 4) is 0 Å². The molecule has 0 bridgehead atoms. The maximum absolute atomic E-state index is 13.9. The fraction of sp³-hybridized carbons (Fsp3) is 0.200. The van der Waals surface area contributed by atoms with Crippen LogP contribution in [0.1, 0.15) is 24.5 Å². The molecular formula is C15H14F3N. The highest BCUT2D eigenvalue weighted by atomic mass is 19.2. The maximum atomic E-state index is 13.9. The zero-order chi connectivity index (χ0) is 14.0. The molecule has 2 aromatic carbocycles. The molecule has 100 valence electrons. The summed E-state index contributed by atoms with van der Waals surface area (Å²) < 4.78 is 41.2. The van der Waals surface area contributed by atoms with Crippen molar-refractivity contribution >= 4 is 0 Å². The average Bonchev–Trinajstić information content (AvgIpc) is 2.41. The van der Waals surface area contributed by atoms with Gasteiger partial charge in [-0.25, -0.2) is 13.2 Å². The molecule has 2 N–H and O–H groups in total. The van der Waals surface area contributed by atoms with E-state index in [2.05, 4.69) is 0 Å². The lowest BCUT2D eigenvalue weighted by molar-refractivity contribution is 0.430. The summed E-state index contributed by atoms with van der Waals surface area (Å²) in [7, 11) is 0. The number of benzene rings is 2. The quantitative estimate of drug-likeness (QED) is 0.899. The minimum absolute atomic E-state index is 0.0416. The molecule has 1 unspecified atom stereocenters. The number of hydrogen-bond donors (Lipinski definition) is 1. The van der Waals surface area contributed by atoms with E-state index in [9.17, 15) is 13.2 Å². The molecule has 0 radical (unpaired) electrons. The van der Waals surface area contributed by atoms with Crippen LogP contribution in [0, 0.1) is 17.5 Å². The third kappa shape index (κ3) is 2.24. The molecule has 19 heavy (non-hydrogen) atoms. The van der Waals surface area contributed by atoms with Crippen molar-refractivity contribution in [1.82, 2.24) is 0 Å². The van der Waals surface area contributed by atoms with Crippen molar-refractivity contribution < 1.29 is 13.2 Å². The monoisotopic (exact) mass is 265 g/mol. The molecule has 0 spiro atoms. The Morgan fingerprint density at radius 2 is 1.47 bits per heavy atom. The first-order chi connectivity index (χ1) is 9.00. The van der Waals surface area contributed by atoms with Gasteiger partial charge in [-0.05, 0) is 18.6 Å². The van der Waals surface area contributed by atoms with Gasteiger partial charge in [0.05, 0.1) is 5.54 Å². The Balaban J connectivity index is 2.67. The van der Waals surface area contributed by atoms with Crippen LogP contribution in [-0.2, 0) is 5.54 Å². The first kappa shape index (κ1) is 13.6. The third-order valence-corrected chi connectivity index (χ3v) is 3.34. The summed E-state index contributed by atoms with van der Waals surface area (Å²) in [6, 6.07) is 9.65. The Morgan fingerprint density at radius 1 is 0.895 bits per heavy atom. The lowest BCUT2D eigenvalue weighted by Gasteiger charge is -2.30. The van der Waals surface area contributed by atoms with Crippen molar-refractivity contribution in [2.75, 3.05) is 0 Å². The highest BCUT2D eigenvalue weighted by Crippen LogP contribution is 2.34. The molecule has 0 saturated heterocycles. The van der Waals surface area contributed by atoms with Crippen molar-refractivity contribution in [2.24, 2.45) is 5.73 Å². The van der Waals surface area contributed by atoms with Crippen molar-refractivity contribution in [3.05, 3.63) is 71.0 Å². The Bertz CT molecular complexity index is 598. The van der Waals surface area contributed by atoms with E-state index in [1.54, 1.807) is 13.0 Å². The van der Waals surface area contributed by atoms with Crippen molar-refractivity contribution in [2.45, 2.75) is 18.9 Å². The number of halogens is 3. The SMILES string of the molecule is CCC(N)(c1ccccc1F)c1cccc(F)c1F. The molecule has 0 fully saturated rings. The molecule has 2 aromatic rings. The van der Waals surface area contributed by atoms with Crippen LogP contribution in [0.15, 0.2) is 42.5 Å². The first-order valence-corrected chi connectivity index (χ1v) is 5.99. The van der Waals surface area contributed by atoms with Gasteiger partial charge in [-0.3, -0.25) is 0 Å². The molecule has 1 nitrogen and oxygen atoms in total. The van der Waals surface area contributed by atoms with Crippen LogP contribution < -0.4 is 5.73 Å². The van der Waals surface area contributed by atoms with Gasteiger partial charge in [-0.1, -0.05) is 37.3 Å². The zero-order valence-corrected chi connectivity index (χ0v) is 10.5. The Hall–Kier alpha value is -1.81. The van der Waals surface area contributed by atoms with Gasteiger partial charge in [0.25, 0.3) is 0 Å². The highest BCUT2D eigenvalue weighted by molar-refractivity contribution is 5.39. The summed E-state index contributed by atoms with van der Waals surface area (Å²) in [5, 5.41) is 0. The first-order valence-electron chi connectivity index (χ1n) is 5.99. The van der Waals surface area contributed by atoms with E-state index in [0.29, 0.717) is 0 Å². The van der Waals surface area contributed by atoms with Gasteiger partial charge < -0.3 is 5.73 Å². The smallest absolute Gasteiger partial charge is 0.164 e. The summed E-state index contributed by atoms with van der Waals surface area (Å²) in [4.78, 5) is 0. The molecular weight excluding hydrogens is 251 g/mol. The van der Waals surface area contributed by atoms with Gasteiger partial charge in [0.1, 0.15) is 5.82 Å². The largest absolute Gasteiger partial charge is 0.318 e. The summed E-state index contributed by atoms with van der Waals surface area (Å²) in [6.07, 6.45) is 0.244. The Morgan fingerprint density at radius 3 is 2.11 bits per heavy atom. The van der Waals surface area contributed by atoms with Crippen LogP contribution in [0.5, 0.6) is 0 Å². The van der Waals surface area contributed by atoms with E-state index in [-0.39, 0.29) is 17.5 Å². The van der Waals surface area contributed by atoms with Crippen molar-refractivity contribution in [3.63, 3.8) is 0 Å². The van der Waals surface area contributed by atoms with E-state index >= 15 is 0 Å². The number of hydrogen-bond acceptors (Lipinski definition) is 1. The minimum atomic E-state index is -1.39. The fourth-order valence-electron chi connectivity index (χ4n) is 2.20. The summed E-state index contributed by atoms with van der Waals surface area (Å²) in [6.45, 7) is 1.71. The van der Waals surface area contributed by atoms with E-state index in [0.717, 1.165) is 6.07 Å². The van der Waals surface area contributed by atoms with Gasteiger partial charge in [0.15, 0.2) is 11.6 Å². The standard InChI is InChI=1S/C15H14F3N/c1-2-15(19,10-6-3-4-8-12(10)16)11-7-5-9-13(17)14(11)18/h3-9H,2,19H2,1H3. The molecule has 0 aliphatic heterocycles. The molecule has 0 aliphatic carbocycles. The average molecular weight is 265 g/mol. The molecule has 0 amide bonds. The predicted octanol–water partition coefficient (Wildman–Crippen LogP) is 3.72. The summed E-state index contributed by atoms with van der Waals surface area (Å²) in [5.74, 6) is -2.55. The Labute approximate surface area is 109 Å². The van der Waals surface area contributed by atoms with Crippen LogP contribution in [0.4, 0.5) is 13.2 Å². The Kier molecular flexibility index (Phi) is 3.62. The zero-order valence-electron chi connectivity index (χ0n) is 10.5. The van der Waals surface area contributed by atoms with Crippen molar-refractivity contribution in [1.29, 1.82) is 0 Å².